The summed E-state index contributed by atoms with van der Waals surface area (Å²) in [4.78, 5) is 23.9. The fraction of sp³-hybridized carbons (Fsp3) is 0.250. The van der Waals surface area contributed by atoms with E-state index in [0.717, 1.165) is 0 Å². The number of carboxylic acid groups (broad SMARTS) is 1. The Bertz CT molecular complexity index is 425. The molecule has 4 N–H and O–H groups in total. The number of nitrogens with one attached hydrogen (secondary N) is 1. The summed E-state index contributed by atoms with van der Waals surface area (Å²) in [6, 6.07) is 1.24. The van der Waals surface area contributed by atoms with Crippen LogP contribution < -0.4 is 11.3 Å². The highest BCUT2D eigenvalue weighted by Crippen LogP contribution is 2.18. The highest BCUT2D eigenvalue weighted by atomic mass is 35.5. The van der Waals surface area contributed by atoms with Gasteiger partial charge in [-0.05, 0) is 13.0 Å². The van der Waals surface area contributed by atoms with Gasteiger partial charge in [0.1, 0.15) is 10.6 Å². The number of aromatic nitrogens is 1. The van der Waals surface area contributed by atoms with Crippen LogP contribution in [0.5, 0.6) is 0 Å². The minimum absolute atomic E-state index is 0.0829. The van der Waals surface area contributed by atoms with Gasteiger partial charge in [-0.25, -0.2) is 4.79 Å². The minimum atomic E-state index is -1.56. The van der Waals surface area contributed by atoms with Crippen LogP contribution in [0, 0.1) is 0 Å². The number of hydrogen-bond donors (Lipinski definition) is 3. The maximum atomic E-state index is 10.9. The third-order valence-electron chi connectivity index (χ3n) is 1.90. The summed E-state index contributed by atoms with van der Waals surface area (Å²) in [6.07, 6.45) is 1.24. The number of H-pyrrole nitrogens is 1. The topological polar surface area (TPSA) is 96.2 Å². The summed E-state index contributed by atoms with van der Waals surface area (Å²) < 4.78 is 0. The molecule has 76 valence electrons. The molecule has 0 amide bonds. The van der Waals surface area contributed by atoms with Crippen LogP contribution in [0.15, 0.2) is 17.1 Å². The lowest BCUT2D eigenvalue weighted by molar-refractivity contribution is -0.143. The number of nitrogens with two attached hydrogens (primary N) is 1. The third kappa shape index (κ3) is 1.78. The van der Waals surface area contributed by atoms with Gasteiger partial charge in [-0.1, -0.05) is 11.6 Å². The van der Waals surface area contributed by atoms with E-state index in [1.807, 2.05) is 0 Å². The maximum absolute atomic E-state index is 10.9. The lowest BCUT2D eigenvalue weighted by atomic mass is 9.95. The normalized spacial score (nSPS) is 14.8. The minimum Gasteiger partial charge on any atom is -0.480 e. The molecule has 14 heavy (non-hydrogen) atoms. The molecule has 0 saturated heterocycles. The number of rotatable bonds is 2. The summed E-state index contributed by atoms with van der Waals surface area (Å²) in [6.45, 7) is 1.32. The van der Waals surface area contributed by atoms with E-state index in [4.69, 9.17) is 22.4 Å². The second-order valence-electron chi connectivity index (χ2n) is 3.07. The van der Waals surface area contributed by atoms with Gasteiger partial charge in [0.05, 0.1) is 0 Å². The molecule has 1 atom stereocenters. The Morgan fingerprint density at radius 3 is 2.71 bits per heavy atom. The average Bonchev–Trinajstić information content (AvgIpc) is 2.09. The maximum Gasteiger partial charge on any atom is 0.328 e. The van der Waals surface area contributed by atoms with Crippen molar-refractivity contribution in [3.05, 3.63) is 33.2 Å². The van der Waals surface area contributed by atoms with Crippen molar-refractivity contribution in [2.45, 2.75) is 12.5 Å². The fourth-order valence-corrected chi connectivity index (χ4v) is 1.05. The van der Waals surface area contributed by atoms with E-state index >= 15 is 0 Å². The van der Waals surface area contributed by atoms with Gasteiger partial charge in [0.15, 0.2) is 0 Å². The van der Waals surface area contributed by atoms with Crippen LogP contribution in [0.4, 0.5) is 0 Å². The molecule has 0 aromatic carbocycles. The first-order chi connectivity index (χ1) is 6.35. The van der Waals surface area contributed by atoms with Crippen LogP contribution in [0.25, 0.3) is 0 Å². The number of hydrogen-bond acceptors (Lipinski definition) is 3. The largest absolute Gasteiger partial charge is 0.480 e. The average molecular weight is 217 g/mol. The molecule has 0 bridgehead atoms. The third-order valence-corrected chi connectivity index (χ3v) is 2.18. The zero-order valence-electron chi connectivity index (χ0n) is 7.37. The number of halogens is 1. The highest BCUT2D eigenvalue weighted by molar-refractivity contribution is 6.30. The zero-order valence-corrected chi connectivity index (χ0v) is 8.13. The van der Waals surface area contributed by atoms with Crippen molar-refractivity contribution in [2.75, 3.05) is 0 Å². The summed E-state index contributed by atoms with van der Waals surface area (Å²) >= 11 is 5.53. The van der Waals surface area contributed by atoms with E-state index < -0.39 is 17.1 Å². The Hall–Kier alpha value is -1.33. The van der Waals surface area contributed by atoms with Gasteiger partial charge >= 0.3 is 5.97 Å². The van der Waals surface area contributed by atoms with Crippen LogP contribution in [0.1, 0.15) is 12.5 Å². The van der Waals surface area contributed by atoms with Gasteiger partial charge in [-0.3, -0.25) is 4.79 Å². The molecular weight excluding hydrogens is 208 g/mol. The van der Waals surface area contributed by atoms with Crippen LogP contribution in [0.3, 0.4) is 0 Å². The molecule has 1 aromatic heterocycles. The molecule has 0 radical (unpaired) electrons. The predicted molar refractivity (Wildman–Crippen MR) is 51.2 cm³/mol. The molecule has 0 unspecified atom stereocenters. The van der Waals surface area contributed by atoms with E-state index in [1.165, 1.54) is 19.2 Å². The van der Waals surface area contributed by atoms with Crippen LogP contribution in [-0.4, -0.2) is 16.1 Å². The fourth-order valence-electron chi connectivity index (χ4n) is 0.879. The van der Waals surface area contributed by atoms with Gasteiger partial charge in [0.25, 0.3) is 5.56 Å². The Balaban J connectivity index is 3.27. The SMILES string of the molecule is C[C@@](N)(C(=O)O)c1c[nH]c(=O)c(Cl)c1. The van der Waals surface area contributed by atoms with Gasteiger partial charge in [0.2, 0.25) is 0 Å². The van der Waals surface area contributed by atoms with Crippen molar-refractivity contribution >= 4 is 17.6 Å². The molecular formula is C8H9ClN2O3. The lowest BCUT2D eigenvalue weighted by Gasteiger charge is -2.19. The zero-order chi connectivity index (χ0) is 10.9. The second kappa shape index (κ2) is 3.43. The first-order valence-electron chi connectivity index (χ1n) is 3.76. The summed E-state index contributed by atoms with van der Waals surface area (Å²) in [5, 5.41) is 8.71. The molecule has 1 aromatic rings. The standard InChI is InChI=1S/C8H9ClN2O3/c1-8(10,7(13)14)4-2-5(9)6(12)11-3-4/h2-3H,10H2,1H3,(H,11,12)(H,13,14)/t8-/m0/s1. The Kier molecular flexibility index (Phi) is 2.64. The predicted octanol–water partition coefficient (Wildman–Crippen LogP) is 0.287. The van der Waals surface area contributed by atoms with E-state index in [1.54, 1.807) is 0 Å². The van der Waals surface area contributed by atoms with Gasteiger partial charge in [-0.2, -0.15) is 0 Å². The quantitative estimate of drug-likeness (QED) is 0.662. The summed E-state index contributed by atoms with van der Waals surface area (Å²) in [7, 11) is 0. The molecule has 0 aliphatic heterocycles. The van der Waals surface area contributed by atoms with E-state index in [2.05, 4.69) is 4.98 Å². The molecule has 1 heterocycles. The van der Waals surface area contributed by atoms with Crippen LogP contribution >= 0.6 is 11.6 Å². The summed E-state index contributed by atoms with van der Waals surface area (Å²) in [5.74, 6) is -1.19. The molecule has 0 fully saturated rings. The first kappa shape index (κ1) is 10.7. The van der Waals surface area contributed by atoms with Gasteiger partial charge in [0, 0.05) is 11.8 Å². The molecule has 1 rings (SSSR count). The summed E-state index contributed by atoms with van der Waals surface area (Å²) in [5.41, 5.74) is 3.73. The molecule has 0 aliphatic carbocycles. The number of aliphatic carboxylic acids is 1. The van der Waals surface area contributed by atoms with E-state index in [-0.39, 0.29) is 10.6 Å². The number of carbonyl (C=O) groups is 1. The molecule has 6 heteroatoms. The first-order valence-corrected chi connectivity index (χ1v) is 4.14. The van der Waals surface area contributed by atoms with Crippen molar-refractivity contribution in [2.24, 2.45) is 5.73 Å². The van der Waals surface area contributed by atoms with Crippen molar-refractivity contribution in [1.29, 1.82) is 0 Å². The van der Waals surface area contributed by atoms with Gasteiger partial charge in [-0.15, -0.1) is 0 Å². The van der Waals surface area contributed by atoms with Crippen LogP contribution in [0.2, 0.25) is 5.02 Å². The van der Waals surface area contributed by atoms with E-state index in [0.29, 0.717) is 0 Å². The lowest BCUT2D eigenvalue weighted by Crippen LogP contribution is -2.42. The van der Waals surface area contributed by atoms with Crippen molar-refractivity contribution in [3.8, 4) is 0 Å². The molecule has 5 nitrogen and oxygen atoms in total. The number of aromatic amines is 1. The number of pyridine rings is 1. The second-order valence-corrected chi connectivity index (χ2v) is 3.48. The molecule has 0 spiro atoms. The Morgan fingerprint density at radius 1 is 1.71 bits per heavy atom. The highest BCUT2D eigenvalue weighted by Gasteiger charge is 2.30. The smallest absolute Gasteiger partial charge is 0.328 e. The Morgan fingerprint density at radius 2 is 2.29 bits per heavy atom. The van der Waals surface area contributed by atoms with E-state index in [9.17, 15) is 9.59 Å². The number of carboxylic acids is 1. The van der Waals surface area contributed by atoms with Crippen molar-refractivity contribution in [1.82, 2.24) is 4.98 Å². The molecule has 0 saturated carbocycles. The monoisotopic (exact) mass is 216 g/mol. The van der Waals surface area contributed by atoms with Crippen molar-refractivity contribution < 1.29 is 9.90 Å². The van der Waals surface area contributed by atoms with Crippen molar-refractivity contribution in [3.63, 3.8) is 0 Å². The molecule has 0 aliphatic rings. The van der Waals surface area contributed by atoms with Crippen LogP contribution in [-0.2, 0) is 10.3 Å². The van der Waals surface area contributed by atoms with Gasteiger partial charge < -0.3 is 15.8 Å². The Labute approximate surface area is 84.5 Å².